The average Bonchev–Trinajstić information content (AvgIpc) is 1.95. The molecule has 0 fully saturated rings. The molecule has 0 heterocycles. The van der Waals surface area contributed by atoms with Gasteiger partial charge in [-0.25, -0.2) is 0 Å². The molecule has 0 nitrogen and oxygen atoms in total. The van der Waals surface area contributed by atoms with Crippen molar-refractivity contribution >= 4 is 0 Å². The van der Waals surface area contributed by atoms with Gasteiger partial charge in [0.05, 0.1) is 0 Å². The van der Waals surface area contributed by atoms with Crippen LogP contribution in [0.1, 0.15) is 34.6 Å². The molecule has 0 aromatic heterocycles. The zero-order valence-corrected chi connectivity index (χ0v) is 8.23. The van der Waals surface area contributed by atoms with Crippen LogP contribution in [0.4, 0.5) is 0 Å². The highest BCUT2D eigenvalue weighted by atomic mass is 14.3. The molecular formula is C11H18. The number of rotatable bonds is 0. The van der Waals surface area contributed by atoms with Crippen molar-refractivity contribution in [2.75, 3.05) is 0 Å². The molecule has 0 heteroatoms. The highest BCUT2D eigenvalue weighted by Crippen LogP contribution is 2.40. The maximum atomic E-state index is 2.32. The van der Waals surface area contributed by atoms with Crippen molar-refractivity contribution in [1.82, 2.24) is 0 Å². The van der Waals surface area contributed by atoms with Crippen LogP contribution in [0.2, 0.25) is 0 Å². The van der Waals surface area contributed by atoms with Gasteiger partial charge in [-0.1, -0.05) is 44.1 Å². The Hall–Kier alpha value is -0.520. The lowest BCUT2D eigenvalue weighted by Crippen LogP contribution is -2.24. The van der Waals surface area contributed by atoms with E-state index < -0.39 is 0 Å². The summed E-state index contributed by atoms with van der Waals surface area (Å²) >= 11 is 0. The average molecular weight is 150 g/mol. The molecule has 0 spiro atoms. The molecule has 0 saturated heterocycles. The maximum Gasteiger partial charge on any atom is -0.00815 e. The predicted molar refractivity (Wildman–Crippen MR) is 50.5 cm³/mol. The van der Waals surface area contributed by atoms with Gasteiger partial charge < -0.3 is 0 Å². The summed E-state index contributed by atoms with van der Waals surface area (Å²) in [6.07, 6.45) is 4.55. The highest BCUT2D eigenvalue weighted by Gasteiger charge is 2.28. The third-order valence-corrected chi connectivity index (χ3v) is 3.33. The van der Waals surface area contributed by atoms with E-state index in [4.69, 9.17) is 0 Å². The maximum absolute atomic E-state index is 2.32. The van der Waals surface area contributed by atoms with Gasteiger partial charge in [0.1, 0.15) is 0 Å². The third kappa shape index (κ3) is 1.26. The molecule has 0 aromatic rings. The SMILES string of the molecule is CC1=C(C)C(C)(C)C(C)C=C1. The van der Waals surface area contributed by atoms with E-state index in [0.717, 1.165) is 0 Å². The fraction of sp³-hybridized carbons (Fsp3) is 0.636. The monoisotopic (exact) mass is 150 g/mol. The number of allylic oxidation sites excluding steroid dienone is 4. The minimum atomic E-state index is 0.360. The van der Waals surface area contributed by atoms with Gasteiger partial charge in [0.25, 0.3) is 0 Å². The van der Waals surface area contributed by atoms with E-state index in [1.807, 2.05) is 0 Å². The Balaban J connectivity index is 3.07. The van der Waals surface area contributed by atoms with Crippen LogP contribution in [0.25, 0.3) is 0 Å². The van der Waals surface area contributed by atoms with E-state index in [2.05, 4.69) is 46.8 Å². The minimum absolute atomic E-state index is 0.360. The van der Waals surface area contributed by atoms with Crippen LogP contribution in [-0.4, -0.2) is 0 Å². The van der Waals surface area contributed by atoms with Crippen molar-refractivity contribution in [1.29, 1.82) is 0 Å². The van der Waals surface area contributed by atoms with Gasteiger partial charge in [-0.2, -0.15) is 0 Å². The Labute approximate surface area is 70.0 Å². The van der Waals surface area contributed by atoms with Crippen molar-refractivity contribution in [3.63, 3.8) is 0 Å². The molecule has 1 aliphatic rings. The zero-order valence-electron chi connectivity index (χ0n) is 8.23. The van der Waals surface area contributed by atoms with Gasteiger partial charge in [0.2, 0.25) is 0 Å². The molecule has 0 aromatic carbocycles. The molecule has 0 N–H and O–H groups in total. The van der Waals surface area contributed by atoms with Gasteiger partial charge in [-0.3, -0.25) is 0 Å². The molecule has 1 aliphatic carbocycles. The summed E-state index contributed by atoms with van der Waals surface area (Å²) in [6, 6.07) is 0. The lowest BCUT2D eigenvalue weighted by molar-refractivity contribution is 0.335. The van der Waals surface area contributed by atoms with Crippen molar-refractivity contribution < 1.29 is 0 Å². The van der Waals surface area contributed by atoms with Crippen LogP contribution >= 0.6 is 0 Å². The second-order valence-electron chi connectivity index (χ2n) is 4.18. The summed E-state index contributed by atoms with van der Waals surface area (Å²) in [7, 11) is 0. The lowest BCUT2D eigenvalue weighted by atomic mass is 9.70. The molecule has 0 radical (unpaired) electrons. The molecule has 1 unspecified atom stereocenters. The predicted octanol–water partition coefficient (Wildman–Crippen LogP) is 3.55. The van der Waals surface area contributed by atoms with Gasteiger partial charge in [0.15, 0.2) is 0 Å². The second-order valence-corrected chi connectivity index (χ2v) is 4.18. The summed E-state index contributed by atoms with van der Waals surface area (Å²) in [6.45, 7) is 11.4. The second kappa shape index (κ2) is 2.51. The Morgan fingerprint density at radius 2 is 1.82 bits per heavy atom. The summed E-state index contributed by atoms with van der Waals surface area (Å²) in [5.74, 6) is 0.672. The number of hydrogen-bond acceptors (Lipinski definition) is 0. The van der Waals surface area contributed by atoms with Crippen molar-refractivity contribution in [2.45, 2.75) is 34.6 Å². The molecule has 0 amide bonds. The topological polar surface area (TPSA) is 0 Å². The molecule has 0 aliphatic heterocycles. The molecule has 62 valence electrons. The van der Waals surface area contributed by atoms with E-state index >= 15 is 0 Å². The van der Waals surface area contributed by atoms with Crippen LogP contribution in [0.15, 0.2) is 23.3 Å². The number of hydrogen-bond donors (Lipinski definition) is 0. The minimum Gasteiger partial charge on any atom is -0.0806 e. The molecule has 11 heavy (non-hydrogen) atoms. The normalized spacial score (nSPS) is 29.4. The first kappa shape index (κ1) is 8.58. The summed E-state index contributed by atoms with van der Waals surface area (Å²) in [5, 5.41) is 0. The fourth-order valence-electron chi connectivity index (χ4n) is 1.50. The first-order chi connectivity index (χ1) is 4.96. The van der Waals surface area contributed by atoms with E-state index in [9.17, 15) is 0 Å². The van der Waals surface area contributed by atoms with Gasteiger partial charge in [-0.15, -0.1) is 0 Å². The third-order valence-electron chi connectivity index (χ3n) is 3.33. The molecule has 1 rings (SSSR count). The molecular weight excluding hydrogens is 132 g/mol. The Morgan fingerprint density at radius 3 is 2.27 bits per heavy atom. The molecule has 1 atom stereocenters. The zero-order chi connectivity index (χ0) is 8.65. The van der Waals surface area contributed by atoms with Crippen LogP contribution in [0.3, 0.4) is 0 Å². The Bertz CT molecular complexity index is 216. The van der Waals surface area contributed by atoms with Crippen LogP contribution in [-0.2, 0) is 0 Å². The van der Waals surface area contributed by atoms with E-state index in [0.29, 0.717) is 11.3 Å². The van der Waals surface area contributed by atoms with E-state index in [-0.39, 0.29) is 0 Å². The van der Waals surface area contributed by atoms with Crippen molar-refractivity contribution in [2.24, 2.45) is 11.3 Å². The van der Waals surface area contributed by atoms with E-state index in [1.54, 1.807) is 0 Å². The lowest BCUT2D eigenvalue weighted by Gasteiger charge is -2.35. The smallest absolute Gasteiger partial charge is 0.00815 e. The first-order valence-corrected chi connectivity index (χ1v) is 4.32. The molecule has 0 bridgehead atoms. The van der Waals surface area contributed by atoms with Crippen molar-refractivity contribution in [3.8, 4) is 0 Å². The fourth-order valence-corrected chi connectivity index (χ4v) is 1.50. The van der Waals surface area contributed by atoms with Crippen molar-refractivity contribution in [3.05, 3.63) is 23.3 Å². The first-order valence-electron chi connectivity index (χ1n) is 4.32. The van der Waals surface area contributed by atoms with Gasteiger partial charge in [-0.05, 0) is 25.2 Å². The highest BCUT2D eigenvalue weighted by molar-refractivity contribution is 5.32. The molecule has 0 saturated carbocycles. The standard InChI is InChI=1S/C11H18/c1-8-6-7-9(2)11(4,5)10(8)3/h6-7,9H,1-5H3. The Morgan fingerprint density at radius 1 is 1.27 bits per heavy atom. The largest absolute Gasteiger partial charge is 0.0806 e. The van der Waals surface area contributed by atoms with Gasteiger partial charge in [0, 0.05) is 0 Å². The van der Waals surface area contributed by atoms with Crippen LogP contribution in [0, 0.1) is 11.3 Å². The Kier molecular flexibility index (Phi) is 1.96. The summed E-state index contributed by atoms with van der Waals surface area (Å²) in [4.78, 5) is 0. The van der Waals surface area contributed by atoms with Crippen LogP contribution in [0.5, 0.6) is 0 Å². The van der Waals surface area contributed by atoms with Crippen LogP contribution < -0.4 is 0 Å². The summed E-state index contributed by atoms with van der Waals surface area (Å²) < 4.78 is 0. The van der Waals surface area contributed by atoms with Gasteiger partial charge >= 0.3 is 0 Å². The quantitative estimate of drug-likeness (QED) is 0.495. The summed E-state index contributed by atoms with van der Waals surface area (Å²) in [5.41, 5.74) is 3.33. The van der Waals surface area contributed by atoms with E-state index in [1.165, 1.54) is 11.1 Å².